The predicted octanol–water partition coefficient (Wildman–Crippen LogP) is 6.56. The Morgan fingerprint density at radius 3 is 1.97 bits per heavy atom. The first-order valence-corrected chi connectivity index (χ1v) is 16.0. The largest absolute Gasteiger partial charge is 0.499 e. The first kappa shape index (κ1) is 28.7. The Morgan fingerprint density at radius 1 is 0.882 bits per heavy atom. The van der Waals surface area contributed by atoms with E-state index in [2.05, 4.69) is 11.7 Å². The van der Waals surface area contributed by atoms with Crippen LogP contribution in [0, 0.1) is 19.8 Å². The van der Waals surface area contributed by atoms with E-state index < -0.39 is 29.3 Å². The number of aryl methyl sites for hydroxylation is 2. The van der Waals surface area contributed by atoms with Crippen molar-refractivity contribution in [3.8, 4) is 0 Å². The Bertz CT molecular complexity index is 1050. The van der Waals surface area contributed by atoms with E-state index in [0.717, 1.165) is 24.8 Å². The second-order valence-corrected chi connectivity index (χ2v) is 14.2. The number of unbranched alkanes of at least 4 members (excludes halogenated alkanes) is 8. The van der Waals surface area contributed by atoms with E-state index in [4.69, 9.17) is 0 Å². The molecule has 1 aromatic rings. The minimum absolute atomic E-state index is 0.131. The van der Waals surface area contributed by atoms with Crippen LogP contribution in [-0.4, -0.2) is 31.3 Å². The fourth-order valence-electron chi connectivity index (χ4n) is 5.08. The van der Waals surface area contributed by atoms with Gasteiger partial charge in [-0.3, -0.25) is 0 Å². The third kappa shape index (κ3) is 7.76. The van der Waals surface area contributed by atoms with Gasteiger partial charge in [-0.05, 0) is 57.1 Å². The smallest absolute Gasteiger partial charge is 0.359 e. The van der Waals surface area contributed by atoms with Crippen molar-refractivity contribution in [2.75, 3.05) is 0 Å². The third-order valence-corrected chi connectivity index (χ3v) is 12.0. The average molecular weight is 511 g/mol. The first-order chi connectivity index (χ1) is 16.1. The Hall–Kier alpha value is -1.50. The summed E-state index contributed by atoms with van der Waals surface area (Å²) in [5.41, 5.74) is 10.8. The molecule has 1 fully saturated rings. The molecule has 0 radical (unpaired) electrons. The summed E-state index contributed by atoms with van der Waals surface area (Å²) >= 11 is 0. The van der Waals surface area contributed by atoms with Crippen molar-refractivity contribution in [2.24, 2.45) is 5.92 Å². The Kier molecular flexibility index (Phi) is 11.5. The van der Waals surface area contributed by atoms with Gasteiger partial charge >= 0.3 is 4.38 Å². The second kappa shape index (κ2) is 13.6. The molecule has 34 heavy (non-hydrogen) atoms. The summed E-state index contributed by atoms with van der Waals surface area (Å²) in [6, 6.07) is 4.66. The van der Waals surface area contributed by atoms with Gasteiger partial charge in [0.1, 0.15) is 0 Å². The zero-order valence-corrected chi connectivity index (χ0v) is 22.8. The van der Waals surface area contributed by atoms with E-state index in [9.17, 15) is 22.4 Å². The lowest BCUT2D eigenvalue weighted by atomic mass is 9.85. The van der Waals surface area contributed by atoms with Gasteiger partial charge in [-0.2, -0.15) is 0 Å². The van der Waals surface area contributed by atoms with Crippen LogP contribution in [0.15, 0.2) is 23.1 Å². The average Bonchev–Trinajstić information content (AvgIpc) is 2.78. The standard InChI is InChI=1S/C26H42N2O4S2/c1-4-5-6-7-8-9-10-11-12-13-23-15-17-24(18-16-23)33(29,30)26(28-27)34(31,32)25-19-14-21(2)20-22(25)3/h14,19-20,23-24H,4-13,15-18H2,1-3H3. The van der Waals surface area contributed by atoms with Crippen LogP contribution in [0.5, 0.6) is 0 Å². The van der Waals surface area contributed by atoms with Crippen LogP contribution >= 0.6 is 0 Å². The second-order valence-electron chi connectivity index (χ2n) is 9.94. The van der Waals surface area contributed by atoms with Gasteiger partial charge in [0, 0.05) is 0 Å². The molecule has 0 aromatic heterocycles. The Morgan fingerprint density at radius 2 is 1.44 bits per heavy atom. The summed E-state index contributed by atoms with van der Waals surface area (Å²) in [6.07, 6.45) is 15.0. The number of sulfone groups is 2. The highest BCUT2D eigenvalue weighted by atomic mass is 32.3. The molecule has 192 valence electrons. The summed E-state index contributed by atoms with van der Waals surface area (Å²) in [5, 5.41) is -0.821. The van der Waals surface area contributed by atoms with Crippen molar-refractivity contribution in [3.63, 3.8) is 0 Å². The molecular formula is C26H42N2O4S2. The molecule has 0 atom stereocenters. The molecule has 0 aliphatic heterocycles. The van der Waals surface area contributed by atoms with Crippen LogP contribution in [0.4, 0.5) is 0 Å². The zero-order valence-electron chi connectivity index (χ0n) is 21.1. The molecule has 8 heteroatoms. The molecule has 1 aliphatic carbocycles. The summed E-state index contributed by atoms with van der Waals surface area (Å²) in [4.78, 5) is 2.68. The van der Waals surface area contributed by atoms with Crippen molar-refractivity contribution in [3.05, 3.63) is 34.9 Å². The first-order valence-electron chi connectivity index (χ1n) is 12.9. The third-order valence-electron chi connectivity index (χ3n) is 7.12. The van der Waals surface area contributed by atoms with E-state index in [0.29, 0.717) is 24.3 Å². The molecule has 0 heterocycles. The van der Waals surface area contributed by atoms with Crippen LogP contribution < -0.4 is 0 Å². The lowest BCUT2D eigenvalue weighted by Gasteiger charge is -2.27. The topological polar surface area (TPSA) is 105 Å². The monoisotopic (exact) mass is 510 g/mol. The number of rotatable bonds is 12. The molecule has 0 unspecified atom stereocenters. The minimum Gasteiger partial charge on any atom is -0.359 e. The molecule has 1 aromatic carbocycles. The van der Waals surface area contributed by atoms with E-state index in [1.165, 1.54) is 63.9 Å². The number of hydrogen-bond acceptors (Lipinski definition) is 4. The van der Waals surface area contributed by atoms with Gasteiger partial charge in [-0.1, -0.05) is 88.8 Å². The molecule has 1 aliphatic rings. The van der Waals surface area contributed by atoms with Crippen molar-refractivity contribution >= 4 is 24.1 Å². The van der Waals surface area contributed by atoms with Gasteiger partial charge in [0.05, 0.1) is 10.1 Å². The van der Waals surface area contributed by atoms with Crippen molar-refractivity contribution in [2.45, 2.75) is 121 Å². The lowest BCUT2D eigenvalue weighted by molar-refractivity contribution is 0.00368. The van der Waals surface area contributed by atoms with E-state index >= 15 is 0 Å². The van der Waals surface area contributed by atoms with Crippen LogP contribution in [0.1, 0.15) is 108 Å². The minimum atomic E-state index is -4.44. The highest BCUT2D eigenvalue weighted by Gasteiger charge is 2.48. The van der Waals surface area contributed by atoms with Crippen molar-refractivity contribution < 1.29 is 21.6 Å². The van der Waals surface area contributed by atoms with Gasteiger partial charge < -0.3 is 5.53 Å². The quantitative estimate of drug-likeness (QED) is 0.104. The number of nitrogens with zero attached hydrogens (tertiary/aromatic N) is 2. The van der Waals surface area contributed by atoms with Crippen molar-refractivity contribution in [1.82, 2.24) is 0 Å². The van der Waals surface area contributed by atoms with Crippen LogP contribution in [0.2, 0.25) is 0 Å². The molecule has 2 rings (SSSR count). The molecule has 6 nitrogen and oxygen atoms in total. The lowest BCUT2D eigenvalue weighted by Crippen LogP contribution is -2.37. The van der Waals surface area contributed by atoms with Gasteiger partial charge in [0.25, 0.3) is 19.7 Å². The van der Waals surface area contributed by atoms with Crippen LogP contribution in [0.3, 0.4) is 0 Å². The molecule has 0 bridgehead atoms. The normalized spacial score (nSPS) is 19.0. The van der Waals surface area contributed by atoms with Crippen LogP contribution in [0.25, 0.3) is 5.53 Å². The molecule has 0 saturated heterocycles. The molecule has 0 spiro atoms. The summed E-state index contributed by atoms with van der Waals surface area (Å²) < 4.78 is 51.4. The summed E-state index contributed by atoms with van der Waals surface area (Å²) in [5.74, 6) is 0.487. The maximum absolute atomic E-state index is 13.2. The Balaban J connectivity index is 1.87. The fraction of sp³-hybridized carbons (Fsp3) is 0.731. The van der Waals surface area contributed by atoms with Gasteiger partial charge in [-0.25, -0.2) is 16.8 Å². The predicted molar refractivity (Wildman–Crippen MR) is 138 cm³/mol. The van der Waals surface area contributed by atoms with Gasteiger partial charge in [-0.15, -0.1) is 4.79 Å². The fourth-order valence-corrected chi connectivity index (χ4v) is 9.29. The maximum atomic E-state index is 13.2. The number of hydrogen-bond donors (Lipinski definition) is 0. The molecule has 0 amide bonds. The van der Waals surface area contributed by atoms with E-state index in [1.807, 2.05) is 6.92 Å². The van der Waals surface area contributed by atoms with E-state index in [1.54, 1.807) is 19.1 Å². The molecular weight excluding hydrogens is 468 g/mol. The summed E-state index contributed by atoms with van der Waals surface area (Å²) in [6.45, 7) is 5.67. The SMILES string of the molecule is CCCCCCCCCCCC1CCC(S(=O)(=O)C(=[N+]=[N-])S(=O)(=O)c2ccc(C)cc2C)CC1. The van der Waals surface area contributed by atoms with Gasteiger partial charge in [0.2, 0.25) is 0 Å². The zero-order chi connectivity index (χ0) is 25.2. The van der Waals surface area contributed by atoms with Crippen molar-refractivity contribution in [1.29, 1.82) is 0 Å². The summed E-state index contributed by atoms with van der Waals surface area (Å²) in [7, 11) is -8.70. The maximum Gasteiger partial charge on any atom is 0.499 e. The molecule has 0 N–H and O–H groups in total. The Labute approximate surface area is 207 Å². The van der Waals surface area contributed by atoms with E-state index in [-0.39, 0.29) is 4.90 Å². The highest BCUT2D eigenvalue weighted by Crippen LogP contribution is 2.34. The van der Waals surface area contributed by atoms with Crippen LogP contribution in [-0.2, 0) is 19.7 Å². The number of benzene rings is 1. The van der Waals surface area contributed by atoms with Gasteiger partial charge in [0.15, 0.2) is 0 Å². The molecule has 1 saturated carbocycles. The highest BCUT2D eigenvalue weighted by molar-refractivity contribution is 8.31.